The lowest BCUT2D eigenvalue weighted by atomic mass is 9.99. The topological polar surface area (TPSA) is 34.0 Å². The van der Waals surface area contributed by atoms with E-state index in [-0.39, 0.29) is 12.1 Å². The van der Waals surface area contributed by atoms with E-state index in [4.69, 9.17) is 4.74 Å². The Hall–Kier alpha value is -2.26. The van der Waals surface area contributed by atoms with E-state index < -0.39 is 0 Å². The van der Waals surface area contributed by atoms with E-state index in [9.17, 15) is 0 Å². The van der Waals surface area contributed by atoms with Crippen molar-refractivity contribution >= 4 is 6.08 Å². The minimum atomic E-state index is -0.201. The second-order valence-corrected chi connectivity index (χ2v) is 5.12. The first kappa shape index (κ1) is 13.7. The Labute approximate surface area is 125 Å². The molecule has 0 bridgehead atoms. The number of fused-ring (bicyclic) bond motifs is 1. The monoisotopic (exact) mass is 278 g/mol. The maximum Gasteiger partial charge on any atom is 0.126 e. The molecule has 0 spiro atoms. The number of ether oxygens (including phenoxy) is 1. The third-order valence-corrected chi connectivity index (χ3v) is 3.70. The van der Waals surface area contributed by atoms with Crippen LogP contribution in [-0.2, 0) is 4.74 Å². The Bertz CT molecular complexity index is 677. The molecule has 0 N–H and O–H groups in total. The zero-order valence-electron chi connectivity index (χ0n) is 12.2. The van der Waals surface area contributed by atoms with Gasteiger partial charge >= 0.3 is 0 Å². The molecule has 21 heavy (non-hydrogen) atoms. The highest BCUT2D eigenvalue weighted by Crippen LogP contribution is 2.34. The fourth-order valence-electron chi connectivity index (χ4n) is 2.61. The van der Waals surface area contributed by atoms with Gasteiger partial charge in [0.1, 0.15) is 6.10 Å². The lowest BCUT2D eigenvalue weighted by Gasteiger charge is -2.15. The van der Waals surface area contributed by atoms with Crippen molar-refractivity contribution in [3.63, 3.8) is 0 Å². The average Bonchev–Trinajstić information content (AvgIpc) is 2.69. The minimum Gasteiger partial charge on any atom is -0.370 e. The molecule has 0 saturated heterocycles. The summed E-state index contributed by atoms with van der Waals surface area (Å²) in [5, 5.41) is 8.85. The Balaban J connectivity index is 2.05. The molecular formula is C18H18N2O. The number of methoxy groups -OCH3 is 1. The van der Waals surface area contributed by atoms with Crippen molar-refractivity contribution in [2.75, 3.05) is 7.11 Å². The van der Waals surface area contributed by atoms with Crippen LogP contribution in [0.2, 0.25) is 0 Å². The van der Waals surface area contributed by atoms with Crippen LogP contribution in [0.3, 0.4) is 0 Å². The van der Waals surface area contributed by atoms with Crippen molar-refractivity contribution in [2.24, 2.45) is 10.2 Å². The molecule has 2 atom stereocenters. The Kier molecular flexibility index (Phi) is 3.93. The van der Waals surface area contributed by atoms with Crippen LogP contribution >= 0.6 is 0 Å². The zero-order valence-corrected chi connectivity index (χ0v) is 12.2. The van der Waals surface area contributed by atoms with Crippen molar-refractivity contribution < 1.29 is 4.74 Å². The summed E-state index contributed by atoms with van der Waals surface area (Å²) >= 11 is 0. The molecule has 1 aliphatic rings. The summed E-state index contributed by atoms with van der Waals surface area (Å²) in [5.41, 5.74) is 4.26. The van der Waals surface area contributed by atoms with E-state index in [0.29, 0.717) is 0 Å². The first-order valence-corrected chi connectivity index (χ1v) is 7.08. The molecule has 3 heteroatoms. The maximum absolute atomic E-state index is 5.66. The smallest absolute Gasteiger partial charge is 0.126 e. The van der Waals surface area contributed by atoms with Crippen molar-refractivity contribution in [1.82, 2.24) is 0 Å². The van der Waals surface area contributed by atoms with Crippen molar-refractivity contribution in [3.05, 3.63) is 77.0 Å². The second kappa shape index (κ2) is 6.02. The van der Waals surface area contributed by atoms with E-state index >= 15 is 0 Å². The molecule has 0 aromatic heterocycles. The van der Waals surface area contributed by atoms with Crippen LogP contribution in [0.4, 0.5) is 0 Å². The number of hydrogen-bond donors (Lipinski definition) is 0. The van der Waals surface area contributed by atoms with Gasteiger partial charge < -0.3 is 4.74 Å². The van der Waals surface area contributed by atoms with Crippen LogP contribution in [0.1, 0.15) is 35.8 Å². The van der Waals surface area contributed by atoms with Gasteiger partial charge in [0.25, 0.3) is 0 Å². The largest absolute Gasteiger partial charge is 0.370 e. The average molecular weight is 278 g/mol. The highest BCUT2D eigenvalue weighted by molar-refractivity contribution is 5.59. The second-order valence-electron chi connectivity index (χ2n) is 5.12. The van der Waals surface area contributed by atoms with Crippen molar-refractivity contribution in [3.8, 4) is 0 Å². The van der Waals surface area contributed by atoms with Gasteiger partial charge in [-0.1, -0.05) is 54.6 Å². The predicted molar refractivity (Wildman–Crippen MR) is 83.9 cm³/mol. The molecular weight excluding hydrogens is 260 g/mol. The standard InChI is InChI=1S/C18H18N2O/c1-13-16-11-7-6-10-15(16)12-17(20-19-13)18(21-2)14-8-4-3-5-9-14/h3-13,18H,1-2H3/t13-,18+/m1/s1. The maximum atomic E-state index is 5.66. The lowest BCUT2D eigenvalue weighted by Crippen LogP contribution is -2.03. The molecule has 0 aliphatic carbocycles. The number of azo groups is 1. The van der Waals surface area contributed by atoms with Gasteiger partial charge in [0, 0.05) is 7.11 Å². The fraction of sp³-hybridized carbons (Fsp3) is 0.222. The summed E-state index contributed by atoms with van der Waals surface area (Å²) < 4.78 is 5.66. The van der Waals surface area contributed by atoms with Gasteiger partial charge in [-0.05, 0) is 29.7 Å². The van der Waals surface area contributed by atoms with Crippen molar-refractivity contribution in [1.29, 1.82) is 0 Å². The number of nitrogens with zero attached hydrogens (tertiary/aromatic N) is 2. The summed E-state index contributed by atoms with van der Waals surface area (Å²) in [5.74, 6) is 0. The van der Waals surface area contributed by atoms with Crippen LogP contribution < -0.4 is 0 Å². The third-order valence-electron chi connectivity index (χ3n) is 3.70. The molecule has 0 saturated carbocycles. The first-order valence-electron chi connectivity index (χ1n) is 7.08. The highest BCUT2D eigenvalue weighted by Gasteiger charge is 2.20. The van der Waals surface area contributed by atoms with Gasteiger partial charge in [-0.15, -0.1) is 0 Å². The quantitative estimate of drug-likeness (QED) is 0.782. The molecule has 0 unspecified atom stereocenters. The summed E-state index contributed by atoms with van der Waals surface area (Å²) in [6, 6.07) is 18.4. The molecule has 3 rings (SSSR count). The van der Waals surface area contributed by atoms with E-state index in [1.54, 1.807) is 7.11 Å². The molecule has 0 radical (unpaired) electrons. The summed E-state index contributed by atoms with van der Waals surface area (Å²) in [6.07, 6.45) is 1.87. The molecule has 0 fully saturated rings. The van der Waals surface area contributed by atoms with Crippen molar-refractivity contribution in [2.45, 2.75) is 19.1 Å². The van der Waals surface area contributed by atoms with Gasteiger partial charge in [0.15, 0.2) is 0 Å². The normalized spacial score (nSPS) is 18.6. The van der Waals surface area contributed by atoms with Crippen LogP contribution in [0.25, 0.3) is 6.08 Å². The van der Waals surface area contributed by atoms with E-state index in [0.717, 1.165) is 16.8 Å². The fourth-order valence-corrected chi connectivity index (χ4v) is 2.61. The Morgan fingerprint density at radius 1 is 1.00 bits per heavy atom. The van der Waals surface area contributed by atoms with E-state index in [2.05, 4.69) is 35.4 Å². The molecule has 0 amide bonds. The Morgan fingerprint density at radius 3 is 2.48 bits per heavy atom. The molecule has 3 nitrogen and oxygen atoms in total. The van der Waals surface area contributed by atoms with Crippen LogP contribution in [0.15, 0.2) is 70.5 Å². The van der Waals surface area contributed by atoms with Gasteiger partial charge in [-0.25, -0.2) is 0 Å². The lowest BCUT2D eigenvalue weighted by molar-refractivity contribution is 0.132. The SMILES string of the molecule is CO[C@H](C1=Cc2ccccc2[C@@H](C)N=N1)c1ccccc1. The predicted octanol–water partition coefficient (Wildman–Crippen LogP) is 4.94. The van der Waals surface area contributed by atoms with Gasteiger partial charge in [-0.2, -0.15) is 10.2 Å². The summed E-state index contributed by atoms with van der Waals surface area (Å²) in [6.45, 7) is 2.06. The van der Waals surface area contributed by atoms with E-state index in [1.165, 1.54) is 5.56 Å². The molecule has 2 aromatic carbocycles. The van der Waals surface area contributed by atoms with Crippen LogP contribution in [0.5, 0.6) is 0 Å². The third kappa shape index (κ3) is 2.78. The van der Waals surface area contributed by atoms with Crippen LogP contribution in [0, 0.1) is 0 Å². The molecule has 1 aliphatic heterocycles. The van der Waals surface area contributed by atoms with Gasteiger partial charge in [-0.3, -0.25) is 0 Å². The minimum absolute atomic E-state index is 0.0585. The van der Waals surface area contributed by atoms with Gasteiger partial charge in [0.05, 0.1) is 11.7 Å². The number of rotatable bonds is 3. The first-order chi connectivity index (χ1) is 10.3. The number of hydrogen-bond acceptors (Lipinski definition) is 3. The number of benzene rings is 2. The molecule has 1 heterocycles. The summed E-state index contributed by atoms with van der Waals surface area (Å²) in [4.78, 5) is 0. The Morgan fingerprint density at radius 2 is 1.71 bits per heavy atom. The molecule has 106 valence electrons. The van der Waals surface area contributed by atoms with E-state index in [1.807, 2.05) is 42.5 Å². The van der Waals surface area contributed by atoms with Crippen LogP contribution in [-0.4, -0.2) is 7.11 Å². The summed E-state index contributed by atoms with van der Waals surface area (Å²) in [7, 11) is 1.70. The highest BCUT2D eigenvalue weighted by atomic mass is 16.5. The molecule has 2 aromatic rings. The van der Waals surface area contributed by atoms with Gasteiger partial charge in [0.2, 0.25) is 0 Å². The zero-order chi connectivity index (χ0) is 14.7.